The van der Waals surface area contributed by atoms with Gasteiger partial charge >= 0.3 is 0 Å². The third kappa shape index (κ3) is 3.38. The van der Waals surface area contributed by atoms with Crippen LogP contribution >= 0.6 is 0 Å². The summed E-state index contributed by atoms with van der Waals surface area (Å²) in [5.41, 5.74) is 0.874. The molecule has 0 radical (unpaired) electrons. The number of piperidine rings is 3. The molecule has 0 aromatic rings. The van der Waals surface area contributed by atoms with Crippen molar-refractivity contribution in [3.05, 3.63) is 0 Å². The second-order valence-electron chi connectivity index (χ2n) is 10.4. The number of rotatable bonds is 2. The van der Waals surface area contributed by atoms with Crippen molar-refractivity contribution >= 4 is 0 Å². The zero-order valence-electron chi connectivity index (χ0n) is 15.9. The molecule has 3 fully saturated rings. The van der Waals surface area contributed by atoms with Crippen LogP contribution in [-0.4, -0.2) is 48.1 Å². The number of hydrogen-bond donors (Lipinski definition) is 0. The van der Waals surface area contributed by atoms with Crippen LogP contribution in [0.15, 0.2) is 0 Å². The Morgan fingerprint density at radius 3 is 1.86 bits per heavy atom. The standard InChI is InChI=1S/C20H38N2/c1-19(2,3)17-7-9-21(10-8-17)14-18-15-11-16(18)13-22(12-15)20(4,5)6/h15-18H,7-14H2,1-6H3. The van der Waals surface area contributed by atoms with E-state index in [1.54, 1.807) is 0 Å². The van der Waals surface area contributed by atoms with E-state index in [1.165, 1.54) is 52.0 Å². The van der Waals surface area contributed by atoms with E-state index in [2.05, 4.69) is 51.3 Å². The summed E-state index contributed by atoms with van der Waals surface area (Å²) < 4.78 is 0. The predicted octanol–water partition coefficient (Wildman–Crippen LogP) is 4.11. The Morgan fingerprint density at radius 1 is 0.864 bits per heavy atom. The van der Waals surface area contributed by atoms with Crippen LogP contribution in [0.2, 0.25) is 0 Å². The van der Waals surface area contributed by atoms with E-state index < -0.39 is 0 Å². The van der Waals surface area contributed by atoms with Gasteiger partial charge in [-0.15, -0.1) is 0 Å². The van der Waals surface area contributed by atoms with Crippen molar-refractivity contribution in [3.63, 3.8) is 0 Å². The average Bonchev–Trinajstić information content (AvgIpc) is 2.43. The fourth-order valence-corrected chi connectivity index (χ4v) is 5.11. The molecule has 0 aromatic heterocycles. The van der Waals surface area contributed by atoms with Gasteiger partial charge in [0.25, 0.3) is 0 Å². The fraction of sp³-hybridized carbons (Fsp3) is 1.00. The maximum Gasteiger partial charge on any atom is 0.0125 e. The molecule has 2 nitrogen and oxygen atoms in total. The maximum atomic E-state index is 2.79. The van der Waals surface area contributed by atoms with Gasteiger partial charge in [-0.05, 0) is 82.2 Å². The molecule has 2 saturated heterocycles. The third-order valence-electron chi connectivity index (χ3n) is 6.96. The van der Waals surface area contributed by atoms with E-state index >= 15 is 0 Å². The SMILES string of the molecule is CC(C)(C)C1CCN(CC2C3CC2CN(C(C)(C)C)C3)CC1. The predicted molar refractivity (Wildman–Crippen MR) is 95.0 cm³/mol. The number of fused-ring (bicyclic) bond motifs is 2. The van der Waals surface area contributed by atoms with Gasteiger partial charge < -0.3 is 4.90 Å². The summed E-state index contributed by atoms with van der Waals surface area (Å²) in [6, 6.07) is 0. The normalized spacial score (nSPS) is 35.5. The first kappa shape index (κ1) is 16.8. The Bertz CT molecular complexity index is 369. The van der Waals surface area contributed by atoms with Crippen LogP contribution in [-0.2, 0) is 0 Å². The van der Waals surface area contributed by atoms with Crippen LogP contribution in [0.3, 0.4) is 0 Å². The molecule has 2 heterocycles. The van der Waals surface area contributed by atoms with E-state index in [-0.39, 0.29) is 0 Å². The molecule has 2 aliphatic heterocycles. The Morgan fingerprint density at radius 2 is 1.41 bits per heavy atom. The van der Waals surface area contributed by atoms with Gasteiger partial charge in [0.1, 0.15) is 0 Å². The summed E-state index contributed by atoms with van der Waals surface area (Å²) in [6.45, 7) is 21.2. The first-order valence-electron chi connectivity index (χ1n) is 9.62. The lowest BCUT2D eigenvalue weighted by Gasteiger charge is -2.58. The van der Waals surface area contributed by atoms with Gasteiger partial charge in [0.15, 0.2) is 0 Å². The van der Waals surface area contributed by atoms with Crippen molar-refractivity contribution < 1.29 is 0 Å². The van der Waals surface area contributed by atoms with Gasteiger partial charge in [-0.3, -0.25) is 4.90 Å². The van der Waals surface area contributed by atoms with E-state index in [4.69, 9.17) is 0 Å². The Kier molecular flexibility index (Phi) is 4.40. The highest BCUT2D eigenvalue weighted by atomic mass is 15.2. The topological polar surface area (TPSA) is 6.48 Å². The molecular formula is C20H38N2. The number of likely N-dealkylation sites (tertiary alicyclic amines) is 2. The average molecular weight is 307 g/mol. The molecule has 0 aromatic carbocycles. The number of hydrogen-bond acceptors (Lipinski definition) is 2. The van der Waals surface area contributed by atoms with E-state index in [9.17, 15) is 0 Å². The molecular weight excluding hydrogens is 268 g/mol. The molecule has 1 aliphatic carbocycles. The highest BCUT2D eigenvalue weighted by Gasteiger charge is 2.48. The van der Waals surface area contributed by atoms with Crippen LogP contribution < -0.4 is 0 Å². The molecule has 0 N–H and O–H groups in total. The second kappa shape index (κ2) is 5.77. The molecule has 128 valence electrons. The zero-order valence-corrected chi connectivity index (χ0v) is 15.9. The van der Waals surface area contributed by atoms with Gasteiger partial charge in [-0.1, -0.05) is 20.8 Å². The molecule has 1 saturated carbocycles. The zero-order chi connectivity index (χ0) is 16.1. The summed E-state index contributed by atoms with van der Waals surface area (Å²) in [7, 11) is 0. The summed E-state index contributed by atoms with van der Waals surface area (Å²) in [5.74, 6) is 3.91. The molecule has 3 aliphatic rings. The smallest absolute Gasteiger partial charge is 0.0125 e. The van der Waals surface area contributed by atoms with Gasteiger partial charge in [-0.2, -0.15) is 0 Å². The lowest BCUT2D eigenvalue weighted by molar-refractivity contribution is -0.0899. The molecule has 0 amide bonds. The minimum atomic E-state index is 0.368. The van der Waals surface area contributed by atoms with Crippen LogP contribution in [0.5, 0.6) is 0 Å². The molecule has 2 heteroatoms. The Hall–Kier alpha value is -0.0800. The summed E-state index contributed by atoms with van der Waals surface area (Å²) >= 11 is 0. The van der Waals surface area contributed by atoms with Crippen LogP contribution in [0, 0.1) is 29.1 Å². The van der Waals surface area contributed by atoms with Crippen molar-refractivity contribution in [2.75, 3.05) is 32.7 Å². The van der Waals surface area contributed by atoms with Gasteiger partial charge in [0.2, 0.25) is 0 Å². The van der Waals surface area contributed by atoms with Crippen molar-refractivity contribution in [3.8, 4) is 0 Å². The fourth-order valence-electron chi connectivity index (χ4n) is 5.11. The molecule has 2 atom stereocenters. The van der Waals surface area contributed by atoms with Gasteiger partial charge in [-0.25, -0.2) is 0 Å². The van der Waals surface area contributed by atoms with Crippen LogP contribution in [0.4, 0.5) is 0 Å². The van der Waals surface area contributed by atoms with Crippen molar-refractivity contribution in [1.29, 1.82) is 0 Å². The Labute approximate surface area is 138 Å². The van der Waals surface area contributed by atoms with E-state index in [0.29, 0.717) is 11.0 Å². The summed E-state index contributed by atoms with van der Waals surface area (Å²) in [6.07, 6.45) is 4.34. The summed E-state index contributed by atoms with van der Waals surface area (Å²) in [4.78, 5) is 5.52. The lowest BCUT2D eigenvalue weighted by atomic mass is 9.60. The molecule has 2 bridgehead atoms. The first-order chi connectivity index (χ1) is 10.1. The molecule has 0 spiro atoms. The van der Waals surface area contributed by atoms with Gasteiger partial charge in [0, 0.05) is 25.2 Å². The third-order valence-corrected chi connectivity index (χ3v) is 6.96. The number of nitrogens with zero attached hydrogens (tertiary/aromatic N) is 2. The van der Waals surface area contributed by atoms with Crippen LogP contribution in [0.1, 0.15) is 60.8 Å². The largest absolute Gasteiger partial charge is 0.303 e. The first-order valence-corrected chi connectivity index (χ1v) is 9.62. The lowest BCUT2D eigenvalue weighted by Crippen LogP contribution is -2.62. The highest BCUT2D eigenvalue weighted by molar-refractivity contribution is 5.01. The molecule has 2 unspecified atom stereocenters. The minimum absolute atomic E-state index is 0.368. The van der Waals surface area contributed by atoms with Gasteiger partial charge in [0.05, 0.1) is 0 Å². The minimum Gasteiger partial charge on any atom is -0.303 e. The highest BCUT2D eigenvalue weighted by Crippen LogP contribution is 2.47. The summed E-state index contributed by atoms with van der Waals surface area (Å²) in [5, 5.41) is 0. The van der Waals surface area contributed by atoms with Crippen molar-refractivity contribution in [2.24, 2.45) is 29.1 Å². The second-order valence-corrected chi connectivity index (χ2v) is 10.4. The van der Waals surface area contributed by atoms with Crippen LogP contribution in [0.25, 0.3) is 0 Å². The maximum absolute atomic E-state index is 2.79. The van der Waals surface area contributed by atoms with Crippen molar-refractivity contribution in [2.45, 2.75) is 66.3 Å². The molecule has 3 rings (SSSR count). The van der Waals surface area contributed by atoms with Crippen molar-refractivity contribution in [1.82, 2.24) is 9.80 Å². The van der Waals surface area contributed by atoms with E-state index in [0.717, 1.165) is 23.7 Å². The monoisotopic (exact) mass is 306 g/mol. The van der Waals surface area contributed by atoms with E-state index in [1.807, 2.05) is 0 Å². The molecule has 22 heavy (non-hydrogen) atoms. The Balaban J connectivity index is 1.47. The quantitative estimate of drug-likeness (QED) is 0.757.